The molecule has 0 radical (unpaired) electrons. The van der Waals surface area contributed by atoms with Crippen molar-refractivity contribution in [3.05, 3.63) is 65.7 Å². The fraction of sp³-hybridized carbons (Fsp3) is 0.500. The minimum absolute atomic E-state index is 0.397. The van der Waals surface area contributed by atoms with Crippen molar-refractivity contribution in [2.75, 3.05) is 0 Å². The summed E-state index contributed by atoms with van der Waals surface area (Å²) in [6.07, 6.45) is 11.0. The lowest BCUT2D eigenvalue weighted by atomic mass is 9.84. The van der Waals surface area contributed by atoms with E-state index in [0.29, 0.717) is 29.9 Å². The minimum atomic E-state index is -1.11. The molecule has 0 amide bonds. The topological polar surface area (TPSA) is 55.8 Å². The Morgan fingerprint density at radius 2 is 1.68 bits per heavy atom. The van der Waals surface area contributed by atoms with Gasteiger partial charge < -0.3 is 14.3 Å². The van der Waals surface area contributed by atoms with E-state index in [4.69, 9.17) is 9.16 Å². The summed E-state index contributed by atoms with van der Waals surface area (Å²) in [6, 6.07) is 17.8. The molecule has 168 valence electrons. The van der Waals surface area contributed by atoms with E-state index in [1.54, 1.807) is 0 Å². The summed E-state index contributed by atoms with van der Waals surface area (Å²) in [6.45, 7) is 0.518. The number of hydrogen-bond donors (Lipinski definition) is 1. The second-order valence-corrected chi connectivity index (χ2v) is 9.26. The summed E-state index contributed by atoms with van der Waals surface area (Å²) in [7, 11) is 0.410. The van der Waals surface area contributed by atoms with Gasteiger partial charge in [0.15, 0.2) is 5.60 Å². The van der Waals surface area contributed by atoms with Gasteiger partial charge in [0, 0.05) is 6.42 Å². The first kappa shape index (κ1) is 23.5. The zero-order valence-electron chi connectivity index (χ0n) is 18.7. The Kier molecular flexibility index (Phi) is 9.16. The van der Waals surface area contributed by atoms with Crippen LogP contribution in [0, 0.1) is 5.92 Å². The third-order valence-electron chi connectivity index (χ3n) is 6.61. The third kappa shape index (κ3) is 7.22. The van der Waals surface area contributed by atoms with Gasteiger partial charge in [-0.05, 0) is 42.0 Å². The maximum absolute atomic E-state index is 12.2. The largest absolute Gasteiger partial charge is 0.489 e. The summed E-state index contributed by atoms with van der Waals surface area (Å²) < 4.78 is 11.6. The fourth-order valence-electron chi connectivity index (χ4n) is 4.63. The highest BCUT2D eigenvalue weighted by Gasteiger charge is 2.37. The van der Waals surface area contributed by atoms with Crippen molar-refractivity contribution in [3.63, 3.8) is 0 Å². The summed E-state index contributed by atoms with van der Waals surface area (Å²) in [5, 5.41) is 9.97. The highest BCUT2D eigenvalue weighted by atomic mass is 28.2. The monoisotopic (exact) mass is 440 g/mol. The van der Waals surface area contributed by atoms with Gasteiger partial charge in [-0.3, -0.25) is 0 Å². The van der Waals surface area contributed by atoms with Gasteiger partial charge in [-0.25, -0.2) is 4.79 Å². The number of aliphatic carboxylic acids is 1. The number of benzene rings is 2. The van der Waals surface area contributed by atoms with Crippen LogP contribution in [0.3, 0.4) is 0 Å². The third-order valence-corrected chi connectivity index (χ3v) is 7.39. The van der Waals surface area contributed by atoms with E-state index in [1.165, 1.54) is 38.5 Å². The average Bonchev–Trinajstić information content (AvgIpc) is 2.82. The van der Waals surface area contributed by atoms with E-state index in [-0.39, 0.29) is 0 Å². The molecule has 1 fully saturated rings. The molecule has 1 atom stereocenters. The van der Waals surface area contributed by atoms with E-state index >= 15 is 0 Å². The van der Waals surface area contributed by atoms with Crippen molar-refractivity contribution >= 4 is 16.5 Å². The lowest BCUT2D eigenvalue weighted by molar-refractivity contribution is -0.155. The maximum Gasteiger partial charge on any atom is 0.335 e. The van der Waals surface area contributed by atoms with E-state index in [0.717, 1.165) is 35.6 Å². The standard InChI is InChI=1S/C26H36O4Si/c27-25(28)26(30-31,18-8-7-11-21-9-3-1-4-10-21)19-22-14-16-24(17-15-22)29-20-23-12-5-2-6-13-23/h2,5-6,12-17,21H,1,3-4,7-11,18-20H2,31H3,(H,27,28)/t26-/m1/s1. The minimum Gasteiger partial charge on any atom is -0.489 e. The Balaban J connectivity index is 1.52. The van der Waals surface area contributed by atoms with Gasteiger partial charge >= 0.3 is 5.97 Å². The highest BCUT2D eigenvalue weighted by Crippen LogP contribution is 2.30. The maximum atomic E-state index is 12.2. The molecule has 31 heavy (non-hydrogen) atoms. The molecule has 0 bridgehead atoms. The summed E-state index contributed by atoms with van der Waals surface area (Å²) >= 11 is 0. The summed E-state index contributed by atoms with van der Waals surface area (Å²) in [4.78, 5) is 12.2. The van der Waals surface area contributed by atoms with Crippen LogP contribution in [0.25, 0.3) is 0 Å². The molecule has 0 aromatic heterocycles. The lowest BCUT2D eigenvalue weighted by Crippen LogP contribution is -2.43. The van der Waals surface area contributed by atoms with Crippen LogP contribution in [-0.4, -0.2) is 27.2 Å². The molecule has 3 rings (SSSR count). The zero-order chi connectivity index (χ0) is 21.9. The SMILES string of the molecule is O=C(O)[C@@](CCCCC1CCCCC1)(Cc1ccc(OCc2ccccc2)cc1)O[SiH3]. The first-order chi connectivity index (χ1) is 15.1. The second-order valence-electron chi connectivity index (χ2n) is 8.85. The average molecular weight is 441 g/mol. The molecule has 1 N–H and O–H groups in total. The molecule has 2 aromatic rings. The Labute approximate surface area is 189 Å². The summed E-state index contributed by atoms with van der Waals surface area (Å²) in [5.41, 5.74) is 0.984. The van der Waals surface area contributed by atoms with Crippen LogP contribution in [0.15, 0.2) is 54.6 Å². The van der Waals surface area contributed by atoms with Crippen molar-refractivity contribution in [2.24, 2.45) is 5.92 Å². The normalized spacial score (nSPS) is 16.6. The molecule has 0 heterocycles. The molecule has 0 unspecified atom stereocenters. The number of carboxylic acids is 1. The van der Waals surface area contributed by atoms with Crippen molar-refractivity contribution in [1.82, 2.24) is 0 Å². The number of rotatable bonds is 12. The van der Waals surface area contributed by atoms with E-state index in [1.807, 2.05) is 54.6 Å². The highest BCUT2D eigenvalue weighted by molar-refractivity contribution is 6.00. The van der Waals surface area contributed by atoms with E-state index in [9.17, 15) is 9.90 Å². The molecule has 4 nitrogen and oxygen atoms in total. The molecule has 0 aliphatic heterocycles. The molecule has 1 saturated carbocycles. The fourth-order valence-corrected chi connectivity index (χ4v) is 5.15. The van der Waals surface area contributed by atoms with Crippen molar-refractivity contribution in [2.45, 2.75) is 76.4 Å². The van der Waals surface area contributed by atoms with Crippen LogP contribution in [0.1, 0.15) is 68.9 Å². The van der Waals surface area contributed by atoms with Gasteiger partial charge in [0.1, 0.15) is 22.8 Å². The predicted molar refractivity (Wildman–Crippen MR) is 127 cm³/mol. The number of ether oxygens (including phenoxy) is 1. The van der Waals surface area contributed by atoms with E-state index in [2.05, 4.69) is 0 Å². The molecule has 0 spiro atoms. The Hall–Kier alpha value is -2.11. The number of carbonyl (C=O) groups is 1. The molecule has 1 aliphatic rings. The molecule has 2 aromatic carbocycles. The first-order valence-electron chi connectivity index (χ1n) is 11.7. The number of unbranched alkanes of at least 4 members (excludes halogenated alkanes) is 1. The molecular weight excluding hydrogens is 404 g/mol. The number of carboxylic acid groups (broad SMARTS) is 1. The van der Waals surface area contributed by atoms with Crippen molar-refractivity contribution in [3.8, 4) is 5.75 Å². The quantitative estimate of drug-likeness (QED) is 0.370. The Bertz CT molecular complexity index is 787. The Morgan fingerprint density at radius 1 is 0.968 bits per heavy atom. The van der Waals surface area contributed by atoms with Gasteiger partial charge in [-0.1, -0.05) is 87.4 Å². The van der Waals surface area contributed by atoms with Gasteiger partial charge in [0.05, 0.1) is 0 Å². The van der Waals surface area contributed by atoms with Gasteiger partial charge in [-0.15, -0.1) is 0 Å². The van der Waals surface area contributed by atoms with Crippen LogP contribution < -0.4 is 4.74 Å². The predicted octanol–water partition coefficient (Wildman–Crippen LogP) is 5.07. The second kappa shape index (κ2) is 12.1. The van der Waals surface area contributed by atoms with Crippen LogP contribution >= 0.6 is 0 Å². The molecule has 5 heteroatoms. The van der Waals surface area contributed by atoms with Gasteiger partial charge in [0.2, 0.25) is 0 Å². The Morgan fingerprint density at radius 3 is 2.32 bits per heavy atom. The van der Waals surface area contributed by atoms with Crippen molar-refractivity contribution in [1.29, 1.82) is 0 Å². The van der Waals surface area contributed by atoms with Crippen molar-refractivity contribution < 1.29 is 19.1 Å². The smallest absolute Gasteiger partial charge is 0.335 e. The van der Waals surface area contributed by atoms with Crippen LogP contribution in [0.2, 0.25) is 0 Å². The van der Waals surface area contributed by atoms with Gasteiger partial charge in [-0.2, -0.15) is 0 Å². The summed E-state index contributed by atoms with van der Waals surface area (Å²) in [5.74, 6) is 0.783. The van der Waals surface area contributed by atoms with Crippen LogP contribution in [0.5, 0.6) is 5.75 Å². The molecular formula is C26H36O4Si. The first-order valence-corrected chi connectivity index (χ1v) is 12.5. The van der Waals surface area contributed by atoms with E-state index < -0.39 is 11.6 Å². The van der Waals surface area contributed by atoms with Crippen LogP contribution in [-0.2, 0) is 22.2 Å². The molecule has 1 aliphatic carbocycles. The number of hydrogen-bond acceptors (Lipinski definition) is 3. The molecule has 0 saturated heterocycles. The lowest BCUT2D eigenvalue weighted by Gasteiger charge is -2.29. The zero-order valence-corrected chi connectivity index (χ0v) is 20.7. The van der Waals surface area contributed by atoms with Crippen LogP contribution in [0.4, 0.5) is 0 Å². The van der Waals surface area contributed by atoms with Gasteiger partial charge in [0.25, 0.3) is 0 Å².